The molecule has 1 aromatic carbocycles. The van der Waals surface area contributed by atoms with Gasteiger partial charge in [-0.2, -0.15) is 0 Å². The topological polar surface area (TPSA) is 68.5 Å². The Labute approximate surface area is 167 Å². The van der Waals surface area contributed by atoms with Crippen LogP contribution in [0.3, 0.4) is 0 Å². The van der Waals surface area contributed by atoms with Gasteiger partial charge in [-0.25, -0.2) is 4.79 Å². The average Bonchev–Trinajstić information content (AvgIpc) is 2.63. The molecule has 5 nitrogen and oxygen atoms in total. The van der Waals surface area contributed by atoms with E-state index in [1.165, 1.54) is 28.3 Å². The Kier molecular flexibility index (Phi) is 8.43. The van der Waals surface area contributed by atoms with Crippen molar-refractivity contribution in [1.29, 1.82) is 0 Å². The molecule has 0 unspecified atom stereocenters. The summed E-state index contributed by atoms with van der Waals surface area (Å²) in [4.78, 5) is 17.7. The summed E-state index contributed by atoms with van der Waals surface area (Å²) < 4.78 is 5.12. The number of allylic oxidation sites excluding steroid dienone is 1. The SMILES string of the molecule is CC(N)=CC(=O)OCCN(C)CC(C)=Cc1ccc(Cc2cccnc2)cc1. The summed E-state index contributed by atoms with van der Waals surface area (Å²) in [5.41, 5.74) is 10.8. The Hall–Kier alpha value is -2.92. The van der Waals surface area contributed by atoms with E-state index in [1.54, 1.807) is 13.1 Å². The molecule has 0 saturated heterocycles. The molecule has 1 aromatic heterocycles. The maximum Gasteiger partial charge on any atom is 0.332 e. The van der Waals surface area contributed by atoms with Crippen LogP contribution in [-0.4, -0.2) is 42.6 Å². The van der Waals surface area contributed by atoms with Gasteiger partial charge in [0.2, 0.25) is 0 Å². The van der Waals surface area contributed by atoms with Crippen LogP contribution in [0.5, 0.6) is 0 Å². The molecule has 2 N–H and O–H groups in total. The van der Waals surface area contributed by atoms with Gasteiger partial charge >= 0.3 is 5.97 Å². The summed E-state index contributed by atoms with van der Waals surface area (Å²) in [6, 6.07) is 12.6. The Balaban J connectivity index is 1.80. The Morgan fingerprint density at radius 1 is 1.18 bits per heavy atom. The third-order valence-corrected chi connectivity index (χ3v) is 4.11. The van der Waals surface area contributed by atoms with Crippen molar-refractivity contribution >= 4 is 12.0 Å². The number of ether oxygens (including phenoxy) is 1. The van der Waals surface area contributed by atoms with Crippen LogP contribution in [0.4, 0.5) is 0 Å². The van der Waals surface area contributed by atoms with Crippen molar-refractivity contribution in [3.05, 3.63) is 82.8 Å². The average molecular weight is 380 g/mol. The standard InChI is InChI=1S/C23H29N3O2/c1-18(17-26(3)11-12-28-23(27)14-19(2)24)13-20-6-8-21(9-7-20)15-22-5-4-10-25-16-22/h4-10,13-14,16H,11-12,15,17,24H2,1-3H3. The van der Waals surface area contributed by atoms with Gasteiger partial charge in [-0.15, -0.1) is 0 Å². The maximum absolute atomic E-state index is 11.4. The normalized spacial score (nSPS) is 12.3. The predicted molar refractivity (Wildman–Crippen MR) is 114 cm³/mol. The largest absolute Gasteiger partial charge is 0.461 e. The van der Waals surface area contributed by atoms with Crippen molar-refractivity contribution in [1.82, 2.24) is 9.88 Å². The zero-order valence-corrected chi connectivity index (χ0v) is 16.9. The zero-order chi connectivity index (χ0) is 20.4. The molecule has 28 heavy (non-hydrogen) atoms. The second-order valence-corrected chi connectivity index (χ2v) is 7.06. The molecule has 148 valence electrons. The van der Waals surface area contributed by atoms with Crippen LogP contribution in [0.15, 0.2) is 66.1 Å². The molecule has 1 heterocycles. The lowest BCUT2D eigenvalue weighted by atomic mass is 10.0. The lowest BCUT2D eigenvalue weighted by molar-refractivity contribution is -0.138. The van der Waals surface area contributed by atoms with Crippen molar-refractivity contribution in [2.75, 3.05) is 26.7 Å². The van der Waals surface area contributed by atoms with E-state index in [2.05, 4.69) is 53.2 Å². The van der Waals surface area contributed by atoms with Crippen LogP contribution >= 0.6 is 0 Å². The van der Waals surface area contributed by atoms with E-state index in [9.17, 15) is 4.79 Å². The first-order chi connectivity index (χ1) is 13.4. The number of likely N-dealkylation sites (N-methyl/N-ethyl adjacent to an activating group) is 1. The summed E-state index contributed by atoms with van der Waals surface area (Å²) in [7, 11) is 2.01. The minimum absolute atomic E-state index is 0.343. The third kappa shape index (κ3) is 8.18. The maximum atomic E-state index is 11.4. The molecular formula is C23H29N3O2. The molecular weight excluding hydrogens is 350 g/mol. The van der Waals surface area contributed by atoms with E-state index >= 15 is 0 Å². The highest BCUT2D eigenvalue weighted by molar-refractivity contribution is 5.82. The first kappa shape index (κ1) is 21.4. The minimum atomic E-state index is -0.396. The number of hydrogen-bond donors (Lipinski definition) is 1. The van der Waals surface area contributed by atoms with E-state index in [4.69, 9.17) is 10.5 Å². The molecule has 0 aliphatic heterocycles. The molecule has 0 saturated carbocycles. The molecule has 0 radical (unpaired) electrons. The first-order valence-electron chi connectivity index (χ1n) is 9.36. The molecule has 0 bridgehead atoms. The van der Waals surface area contributed by atoms with Gasteiger partial charge in [-0.1, -0.05) is 42.0 Å². The van der Waals surface area contributed by atoms with Crippen LogP contribution in [0.2, 0.25) is 0 Å². The molecule has 2 aromatic rings. The number of pyridine rings is 1. The molecule has 0 atom stereocenters. The fourth-order valence-electron chi connectivity index (χ4n) is 2.83. The van der Waals surface area contributed by atoms with E-state index in [0.29, 0.717) is 18.8 Å². The zero-order valence-electron chi connectivity index (χ0n) is 16.9. The van der Waals surface area contributed by atoms with E-state index < -0.39 is 5.97 Å². The number of rotatable bonds is 9. The van der Waals surface area contributed by atoms with Gasteiger partial charge in [0, 0.05) is 37.3 Å². The lowest BCUT2D eigenvalue weighted by Gasteiger charge is -2.16. The number of carbonyl (C=O) groups is 1. The summed E-state index contributed by atoms with van der Waals surface area (Å²) >= 11 is 0. The van der Waals surface area contributed by atoms with E-state index in [-0.39, 0.29) is 0 Å². The van der Waals surface area contributed by atoms with Gasteiger partial charge in [-0.3, -0.25) is 9.88 Å². The third-order valence-electron chi connectivity index (χ3n) is 4.11. The van der Waals surface area contributed by atoms with Crippen molar-refractivity contribution in [3.8, 4) is 0 Å². The van der Waals surface area contributed by atoms with Gasteiger partial charge < -0.3 is 10.5 Å². The number of aromatic nitrogens is 1. The van der Waals surface area contributed by atoms with E-state index in [0.717, 1.165) is 13.0 Å². The summed E-state index contributed by atoms with van der Waals surface area (Å²) in [5.74, 6) is -0.396. The van der Waals surface area contributed by atoms with Gasteiger partial charge in [-0.05, 0) is 50.1 Å². The highest BCUT2D eigenvalue weighted by Gasteiger charge is 2.03. The summed E-state index contributed by atoms with van der Waals surface area (Å²) in [5, 5.41) is 0. The van der Waals surface area contributed by atoms with Crippen LogP contribution < -0.4 is 5.73 Å². The summed E-state index contributed by atoms with van der Waals surface area (Å²) in [6.07, 6.45) is 8.05. The van der Waals surface area contributed by atoms with Crippen molar-refractivity contribution in [2.24, 2.45) is 5.73 Å². The van der Waals surface area contributed by atoms with Crippen LogP contribution in [0.25, 0.3) is 6.08 Å². The molecule has 0 aliphatic rings. The molecule has 0 aliphatic carbocycles. The molecule has 0 amide bonds. The molecule has 2 rings (SSSR count). The van der Waals surface area contributed by atoms with Crippen LogP contribution in [-0.2, 0) is 16.0 Å². The van der Waals surface area contributed by atoms with Crippen molar-refractivity contribution in [3.63, 3.8) is 0 Å². The summed E-state index contributed by atoms with van der Waals surface area (Å²) in [6.45, 7) is 5.58. The van der Waals surface area contributed by atoms with Gasteiger partial charge in [0.05, 0.1) is 0 Å². The highest BCUT2D eigenvalue weighted by atomic mass is 16.5. The molecule has 5 heteroatoms. The van der Waals surface area contributed by atoms with Crippen LogP contribution in [0.1, 0.15) is 30.5 Å². The highest BCUT2D eigenvalue weighted by Crippen LogP contribution is 2.13. The fraction of sp³-hybridized carbons (Fsp3) is 0.304. The molecule has 0 spiro atoms. The lowest BCUT2D eigenvalue weighted by Crippen LogP contribution is -2.25. The Morgan fingerprint density at radius 2 is 1.93 bits per heavy atom. The minimum Gasteiger partial charge on any atom is -0.461 e. The van der Waals surface area contributed by atoms with Gasteiger partial charge in [0.25, 0.3) is 0 Å². The van der Waals surface area contributed by atoms with E-state index in [1.807, 2.05) is 19.3 Å². The first-order valence-corrected chi connectivity index (χ1v) is 9.36. The monoisotopic (exact) mass is 379 g/mol. The predicted octanol–water partition coefficient (Wildman–Crippen LogP) is 3.41. The number of hydrogen-bond acceptors (Lipinski definition) is 5. The number of nitrogens with zero attached hydrogens (tertiary/aromatic N) is 2. The number of esters is 1. The molecule has 0 fully saturated rings. The fourth-order valence-corrected chi connectivity index (χ4v) is 2.83. The van der Waals surface area contributed by atoms with Crippen LogP contribution in [0, 0.1) is 0 Å². The second kappa shape index (κ2) is 11.0. The van der Waals surface area contributed by atoms with Gasteiger partial charge in [0.1, 0.15) is 6.61 Å². The smallest absolute Gasteiger partial charge is 0.332 e. The number of nitrogens with two attached hydrogens (primary N) is 1. The van der Waals surface area contributed by atoms with Crippen molar-refractivity contribution < 1.29 is 9.53 Å². The Morgan fingerprint density at radius 3 is 2.57 bits per heavy atom. The second-order valence-electron chi connectivity index (χ2n) is 7.06. The van der Waals surface area contributed by atoms with Gasteiger partial charge in [0.15, 0.2) is 0 Å². The number of carbonyl (C=O) groups excluding carboxylic acids is 1. The quantitative estimate of drug-likeness (QED) is 0.534. The number of benzene rings is 1. The Bertz CT molecular complexity index is 808. The van der Waals surface area contributed by atoms with Crippen molar-refractivity contribution in [2.45, 2.75) is 20.3 Å².